The van der Waals surface area contributed by atoms with E-state index in [0.29, 0.717) is 37.0 Å². The largest absolute Gasteiger partial charge is 0.341 e. The maximum atomic E-state index is 13.4. The zero-order chi connectivity index (χ0) is 23.0. The minimum absolute atomic E-state index is 0.0217. The van der Waals surface area contributed by atoms with Crippen LogP contribution in [0.1, 0.15) is 56.2 Å². The first-order chi connectivity index (χ1) is 15.2. The van der Waals surface area contributed by atoms with E-state index in [1.807, 2.05) is 27.5 Å². The van der Waals surface area contributed by atoms with Crippen molar-refractivity contribution in [3.8, 4) is 0 Å². The van der Waals surface area contributed by atoms with Crippen molar-refractivity contribution in [1.29, 1.82) is 0 Å². The average molecular weight is 441 g/mol. The van der Waals surface area contributed by atoms with E-state index >= 15 is 0 Å². The predicted octanol–water partition coefficient (Wildman–Crippen LogP) is 2.58. The number of likely N-dealkylation sites (tertiary alicyclic amines) is 1. The third-order valence-electron chi connectivity index (χ3n) is 6.65. The summed E-state index contributed by atoms with van der Waals surface area (Å²) in [5.41, 5.74) is 2.25. The van der Waals surface area contributed by atoms with Gasteiger partial charge >= 0.3 is 0 Å². The average Bonchev–Trinajstić information content (AvgIpc) is 3.16. The lowest BCUT2D eigenvalue weighted by Crippen LogP contribution is -2.53. The summed E-state index contributed by atoms with van der Waals surface area (Å²) in [6.07, 6.45) is 2.95. The zero-order valence-corrected chi connectivity index (χ0v) is 20.0. The van der Waals surface area contributed by atoms with Crippen LogP contribution in [0, 0.1) is 18.8 Å². The van der Waals surface area contributed by atoms with E-state index in [9.17, 15) is 9.59 Å². The minimum Gasteiger partial charge on any atom is -0.341 e. The second kappa shape index (κ2) is 9.17. The molecular formula is C24H36N6O2. The Hall–Kier alpha value is -2.48. The van der Waals surface area contributed by atoms with Gasteiger partial charge in [-0.15, -0.1) is 0 Å². The minimum atomic E-state index is 0.0217. The fourth-order valence-corrected chi connectivity index (χ4v) is 5.14. The van der Waals surface area contributed by atoms with Crippen LogP contribution in [-0.4, -0.2) is 87.1 Å². The lowest BCUT2D eigenvalue weighted by molar-refractivity contribution is -0.135. The molecule has 2 unspecified atom stereocenters. The molecule has 8 nitrogen and oxygen atoms in total. The third-order valence-corrected chi connectivity index (χ3v) is 6.65. The Morgan fingerprint density at radius 2 is 1.72 bits per heavy atom. The summed E-state index contributed by atoms with van der Waals surface area (Å²) in [5, 5.41) is 5.26. The van der Waals surface area contributed by atoms with Crippen LogP contribution in [0.4, 0.5) is 0 Å². The van der Waals surface area contributed by atoms with Crippen molar-refractivity contribution in [3.63, 3.8) is 0 Å². The standard InChI is InChI=1S/C24H36N6O2/c1-16(2)30-23-21(12-25-30)20(11-19(5)26-23)24(32)28-8-6-27(7-9-28)15-22(31)29-13-17(3)10-18(4)14-29/h11-12,16-18H,6-10,13-15H2,1-5H3. The molecule has 0 radical (unpaired) electrons. The first-order valence-electron chi connectivity index (χ1n) is 11.9. The van der Waals surface area contributed by atoms with Gasteiger partial charge in [0.1, 0.15) is 0 Å². The first kappa shape index (κ1) is 22.7. The summed E-state index contributed by atoms with van der Waals surface area (Å²) in [6, 6.07) is 2.04. The Bertz CT molecular complexity index is 982. The summed E-state index contributed by atoms with van der Waals surface area (Å²) in [4.78, 5) is 36.9. The number of piperazine rings is 1. The second-order valence-electron chi connectivity index (χ2n) is 10.0. The van der Waals surface area contributed by atoms with E-state index in [-0.39, 0.29) is 17.9 Å². The van der Waals surface area contributed by atoms with Crippen LogP contribution in [0.3, 0.4) is 0 Å². The number of pyridine rings is 1. The summed E-state index contributed by atoms with van der Waals surface area (Å²) < 4.78 is 1.87. The highest BCUT2D eigenvalue weighted by Gasteiger charge is 2.29. The quantitative estimate of drug-likeness (QED) is 0.731. The predicted molar refractivity (Wildman–Crippen MR) is 125 cm³/mol. The Balaban J connectivity index is 1.39. The van der Waals surface area contributed by atoms with Crippen molar-refractivity contribution in [1.82, 2.24) is 29.5 Å². The third kappa shape index (κ3) is 4.65. The SMILES string of the molecule is Cc1cc(C(=O)N2CCN(CC(=O)N3CC(C)CC(C)C3)CC2)c2cnn(C(C)C)c2n1. The van der Waals surface area contributed by atoms with Crippen molar-refractivity contribution in [2.45, 2.75) is 47.1 Å². The van der Waals surface area contributed by atoms with Crippen LogP contribution < -0.4 is 0 Å². The zero-order valence-electron chi connectivity index (χ0n) is 20.0. The molecule has 2 aromatic rings. The summed E-state index contributed by atoms with van der Waals surface area (Å²) in [7, 11) is 0. The molecule has 2 amide bonds. The monoisotopic (exact) mass is 440 g/mol. The summed E-state index contributed by atoms with van der Waals surface area (Å²) >= 11 is 0. The van der Waals surface area contributed by atoms with Crippen molar-refractivity contribution in [2.24, 2.45) is 11.8 Å². The van der Waals surface area contributed by atoms with Gasteiger partial charge in [-0.05, 0) is 45.1 Å². The highest BCUT2D eigenvalue weighted by molar-refractivity contribution is 6.05. The molecule has 2 fully saturated rings. The van der Waals surface area contributed by atoms with Crippen LogP contribution >= 0.6 is 0 Å². The molecule has 2 aliphatic rings. The molecule has 2 atom stereocenters. The van der Waals surface area contributed by atoms with Crippen LogP contribution in [0.2, 0.25) is 0 Å². The Morgan fingerprint density at radius 1 is 1.06 bits per heavy atom. The molecule has 2 aromatic heterocycles. The number of rotatable bonds is 4. The maximum Gasteiger partial charge on any atom is 0.254 e. The van der Waals surface area contributed by atoms with Crippen LogP contribution in [0.15, 0.2) is 12.3 Å². The number of nitrogens with zero attached hydrogens (tertiary/aromatic N) is 6. The van der Waals surface area contributed by atoms with E-state index in [2.05, 4.69) is 42.7 Å². The molecule has 32 heavy (non-hydrogen) atoms. The highest BCUT2D eigenvalue weighted by atomic mass is 16.2. The smallest absolute Gasteiger partial charge is 0.254 e. The Morgan fingerprint density at radius 3 is 2.34 bits per heavy atom. The topological polar surface area (TPSA) is 74.6 Å². The summed E-state index contributed by atoms with van der Waals surface area (Å²) in [5.74, 6) is 1.37. The fourth-order valence-electron chi connectivity index (χ4n) is 5.14. The number of carbonyl (C=O) groups excluding carboxylic acids is 2. The highest BCUT2D eigenvalue weighted by Crippen LogP contribution is 2.23. The molecule has 2 saturated heterocycles. The lowest BCUT2D eigenvalue weighted by Gasteiger charge is -2.38. The van der Waals surface area contributed by atoms with Gasteiger partial charge in [0.05, 0.1) is 23.7 Å². The molecule has 4 heterocycles. The second-order valence-corrected chi connectivity index (χ2v) is 10.0. The van der Waals surface area contributed by atoms with E-state index in [0.717, 1.165) is 42.9 Å². The molecule has 0 saturated carbocycles. The van der Waals surface area contributed by atoms with E-state index < -0.39 is 0 Å². The van der Waals surface area contributed by atoms with Gasteiger partial charge in [-0.25, -0.2) is 9.67 Å². The number of fused-ring (bicyclic) bond motifs is 1. The molecular weight excluding hydrogens is 404 g/mol. The number of hydrogen-bond acceptors (Lipinski definition) is 5. The van der Waals surface area contributed by atoms with E-state index in [1.165, 1.54) is 6.42 Å². The van der Waals surface area contributed by atoms with Gasteiger partial charge in [0, 0.05) is 51.0 Å². The van der Waals surface area contributed by atoms with Crippen molar-refractivity contribution in [2.75, 3.05) is 45.8 Å². The molecule has 0 spiro atoms. The molecule has 2 aliphatic heterocycles. The summed E-state index contributed by atoms with van der Waals surface area (Å²) in [6.45, 7) is 15.3. The normalized spacial score (nSPS) is 22.7. The molecule has 0 aromatic carbocycles. The van der Waals surface area contributed by atoms with Crippen LogP contribution in [-0.2, 0) is 4.79 Å². The van der Waals surface area contributed by atoms with Gasteiger partial charge in [-0.2, -0.15) is 5.10 Å². The number of carbonyl (C=O) groups is 2. The van der Waals surface area contributed by atoms with Crippen molar-refractivity contribution >= 4 is 22.8 Å². The number of aromatic nitrogens is 3. The number of piperidine rings is 1. The van der Waals surface area contributed by atoms with Gasteiger partial charge in [-0.1, -0.05) is 13.8 Å². The van der Waals surface area contributed by atoms with Crippen LogP contribution in [0.5, 0.6) is 0 Å². The van der Waals surface area contributed by atoms with Gasteiger partial charge in [0.15, 0.2) is 5.65 Å². The number of amides is 2. The molecule has 4 rings (SSSR count). The van der Waals surface area contributed by atoms with E-state index in [4.69, 9.17) is 0 Å². The molecule has 174 valence electrons. The number of hydrogen-bond donors (Lipinski definition) is 0. The van der Waals surface area contributed by atoms with Crippen molar-refractivity contribution < 1.29 is 9.59 Å². The first-order valence-corrected chi connectivity index (χ1v) is 11.9. The maximum absolute atomic E-state index is 13.4. The van der Waals surface area contributed by atoms with Gasteiger partial charge in [0.2, 0.25) is 5.91 Å². The Labute approximate surface area is 190 Å². The van der Waals surface area contributed by atoms with Crippen molar-refractivity contribution in [3.05, 3.63) is 23.5 Å². The molecule has 0 aliphatic carbocycles. The van der Waals surface area contributed by atoms with Crippen LogP contribution in [0.25, 0.3) is 11.0 Å². The molecule has 0 N–H and O–H groups in total. The molecule has 0 bridgehead atoms. The Kier molecular flexibility index (Phi) is 6.51. The van der Waals surface area contributed by atoms with E-state index in [1.54, 1.807) is 6.20 Å². The van der Waals surface area contributed by atoms with Gasteiger partial charge < -0.3 is 9.80 Å². The lowest BCUT2D eigenvalue weighted by atomic mass is 9.92. The van der Waals surface area contributed by atoms with Gasteiger partial charge in [0.25, 0.3) is 5.91 Å². The number of aryl methyl sites for hydroxylation is 1. The van der Waals surface area contributed by atoms with Gasteiger partial charge in [-0.3, -0.25) is 14.5 Å². The fraction of sp³-hybridized carbons (Fsp3) is 0.667. The molecule has 8 heteroatoms.